The summed E-state index contributed by atoms with van der Waals surface area (Å²) in [5.74, 6) is -2.96. The molecular weight excluding hydrogens is 288 g/mol. The molecule has 0 aliphatic heterocycles. The highest BCUT2D eigenvalue weighted by molar-refractivity contribution is 5.96. The molecule has 0 saturated heterocycles. The normalized spacial score (nSPS) is 13.4. The zero-order valence-electron chi connectivity index (χ0n) is 12.2. The number of allylic oxidation sites excluding steroid dienone is 1. The Labute approximate surface area is 127 Å². The van der Waals surface area contributed by atoms with E-state index < -0.39 is 17.9 Å². The van der Waals surface area contributed by atoms with Crippen LogP contribution in [-0.4, -0.2) is 33.2 Å². The Morgan fingerprint density at radius 2 is 1.45 bits per heavy atom. The fraction of sp³-hybridized carbons (Fsp3) is 0.312. The molecule has 0 fully saturated rings. The van der Waals surface area contributed by atoms with E-state index in [1.165, 1.54) is 25.1 Å². The lowest BCUT2D eigenvalue weighted by Crippen LogP contribution is -2.06. The molecule has 0 heterocycles. The molecule has 0 saturated carbocycles. The van der Waals surface area contributed by atoms with Crippen molar-refractivity contribution in [1.29, 1.82) is 0 Å². The fourth-order valence-corrected chi connectivity index (χ4v) is 2.13. The van der Waals surface area contributed by atoms with Gasteiger partial charge in [-0.05, 0) is 50.3 Å². The van der Waals surface area contributed by atoms with Crippen LogP contribution in [0.25, 0.3) is 0 Å². The topological polar surface area (TPSA) is 112 Å². The van der Waals surface area contributed by atoms with Crippen LogP contribution in [-0.2, 0) is 4.79 Å². The van der Waals surface area contributed by atoms with E-state index in [-0.39, 0.29) is 16.7 Å². The first-order chi connectivity index (χ1) is 10.3. The van der Waals surface area contributed by atoms with Crippen molar-refractivity contribution in [3.05, 3.63) is 46.5 Å². The Hall–Kier alpha value is -2.63. The zero-order chi connectivity index (χ0) is 16.7. The summed E-state index contributed by atoms with van der Waals surface area (Å²) < 4.78 is 0. The predicted octanol–water partition coefficient (Wildman–Crippen LogP) is 2.96. The van der Waals surface area contributed by atoms with Crippen LogP contribution < -0.4 is 0 Å². The van der Waals surface area contributed by atoms with Crippen molar-refractivity contribution >= 4 is 17.9 Å². The highest BCUT2D eigenvalue weighted by Gasteiger charge is 2.13. The van der Waals surface area contributed by atoms with Gasteiger partial charge in [0.2, 0.25) is 0 Å². The number of carboxylic acids is 3. The van der Waals surface area contributed by atoms with Crippen LogP contribution in [0.1, 0.15) is 52.0 Å². The first-order valence-electron chi connectivity index (χ1n) is 6.83. The molecule has 6 heteroatoms. The second kappa shape index (κ2) is 7.97. The number of carboxylic acid groups (broad SMARTS) is 3. The van der Waals surface area contributed by atoms with Crippen molar-refractivity contribution in [3.63, 3.8) is 0 Å². The van der Waals surface area contributed by atoms with E-state index in [1.54, 1.807) is 0 Å². The predicted molar refractivity (Wildman–Crippen MR) is 79.3 cm³/mol. The average Bonchev–Trinajstić information content (AvgIpc) is 2.48. The molecule has 0 radical (unpaired) electrons. The maximum absolute atomic E-state index is 10.6. The third kappa shape index (κ3) is 4.73. The summed E-state index contributed by atoms with van der Waals surface area (Å²) in [4.78, 5) is 31.5. The second-order valence-electron chi connectivity index (χ2n) is 4.87. The number of aromatic carboxylic acids is 2. The maximum atomic E-state index is 10.6. The highest BCUT2D eigenvalue weighted by atomic mass is 16.4. The lowest BCUT2D eigenvalue weighted by molar-refractivity contribution is -0.132. The van der Waals surface area contributed by atoms with Crippen molar-refractivity contribution in [2.24, 2.45) is 0 Å². The molecular formula is C16H18O6. The molecule has 1 aliphatic carbocycles. The smallest absolute Gasteiger partial charge is 0.335 e. The third-order valence-electron chi connectivity index (χ3n) is 3.36. The molecule has 0 amide bonds. The van der Waals surface area contributed by atoms with E-state index in [0.717, 1.165) is 25.7 Å². The molecule has 3 N–H and O–H groups in total. The summed E-state index contributed by atoms with van der Waals surface area (Å²) in [6.45, 7) is 1.48. The van der Waals surface area contributed by atoms with Gasteiger partial charge in [0.05, 0.1) is 11.1 Å². The Morgan fingerprint density at radius 1 is 0.909 bits per heavy atom. The van der Waals surface area contributed by atoms with Crippen LogP contribution in [0.3, 0.4) is 0 Å². The Bertz CT molecular complexity index is 583. The van der Waals surface area contributed by atoms with Crippen molar-refractivity contribution in [1.82, 2.24) is 0 Å². The summed E-state index contributed by atoms with van der Waals surface area (Å²) in [5, 5.41) is 25.8. The zero-order valence-corrected chi connectivity index (χ0v) is 12.2. The van der Waals surface area contributed by atoms with Gasteiger partial charge in [0, 0.05) is 5.57 Å². The van der Waals surface area contributed by atoms with Crippen LogP contribution in [0, 0.1) is 6.92 Å². The van der Waals surface area contributed by atoms with Gasteiger partial charge in [0.25, 0.3) is 0 Å². The van der Waals surface area contributed by atoms with Crippen molar-refractivity contribution in [3.8, 4) is 0 Å². The van der Waals surface area contributed by atoms with Gasteiger partial charge < -0.3 is 15.3 Å². The lowest BCUT2D eigenvalue weighted by atomic mass is 10.0. The molecule has 1 aromatic rings. The molecule has 1 aliphatic rings. The summed E-state index contributed by atoms with van der Waals surface area (Å²) in [5.41, 5.74) is 0.934. The highest BCUT2D eigenvalue weighted by Crippen LogP contribution is 2.16. The van der Waals surface area contributed by atoms with E-state index in [1.807, 2.05) is 6.08 Å². The first-order valence-corrected chi connectivity index (χ1v) is 6.83. The number of benzene rings is 1. The number of carbonyl (C=O) groups is 3. The minimum Gasteiger partial charge on any atom is -0.478 e. The van der Waals surface area contributed by atoms with Gasteiger partial charge in [-0.25, -0.2) is 14.4 Å². The third-order valence-corrected chi connectivity index (χ3v) is 3.36. The Morgan fingerprint density at radius 3 is 1.77 bits per heavy atom. The van der Waals surface area contributed by atoms with E-state index in [0.29, 0.717) is 5.57 Å². The van der Waals surface area contributed by atoms with E-state index >= 15 is 0 Å². The number of hydrogen-bond donors (Lipinski definition) is 3. The van der Waals surface area contributed by atoms with Crippen molar-refractivity contribution in [2.75, 3.05) is 0 Å². The van der Waals surface area contributed by atoms with Crippen molar-refractivity contribution < 1.29 is 29.7 Å². The van der Waals surface area contributed by atoms with Gasteiger partial charge >= 0.3 is 17.9 Å². The molecule has 0 bridgehead atoms. The fourth-order valence-electron chi connectivity index (χ4n) is 2.13. The van der Waals surface area contributed by atoms with Gasteiger partial charge in [-0.1, -0.05) is 12.1 Å². The molecule has 1 aromatic carbocycles. The Balaban J connectivity index is 0.000000235. The molecule has 0 spiro atoms. The molecule has 2 rings (SSSR count). The summed E-state index contributed by atoms with van der Waals surface area (Å²) in [6, 6.07) is 4.17. The number of rotatable bonds is 3. The molecule has 0 unspecified atom stereocenters. The monoisotopic (exact) mass is 306 g/mol. The molecule has 6 nitrogen and oxygen atoms in total. The van der Waals surface area contributed by atoms with Gasteiger partial charge in [-0.15, -0.1) is 0 Å². The van der Waals surface area contributed by atoms with Crippen LogP contribution in [0.2, 0.25) is 0 Å². The van der Waals surface area contributed by atoms with Gasteiger partial charge in [-0.2, -0.15) is 0 Å². The summed E-state index contributed by atoms with van der Waals surface area (Å²) in [6.07, 6.45) is 5.72. The van der Waals surface area contributed by atoms with E-state index in [4.69, 9.17) is 15.3 Å². The van der Waals surface area contributed by atoms with E-state index in [2.05, 4.69) is 0 Å². The van der Waals surface area contributed by atoms with Gasteiger partial charge in [-0.3, -0.25) is 0 Å². The van der Waals surface area contributed by atoms with Crippen LogP contribution in [0.4, 0.5) is 0 Å². The summed E-state index contributed by atoms with van der Waals surface area (Å²) >= 11 is 0. The minimum absolute atomic E-state index is 0.0277. The van der Waals surface area contributed by atoms with Gasteiger partial charge in [0.1, 0.15) is 0 Å². The summed E-state index contributed by atoms with van der Waals surface area (Å²) in [7, 11) is 0. The molecule has 118 valence electrons. The van der Waals surface area contributed by atoms with Crippen LogP contribution in [0.15, 0.2) is 29.8 Å². The van der Waals surface area contributed by atoms with E-state index in [9.17, 15) is 14.4 Å². The Kier molecular flexibility index (Phi) is 6.31. The quantitative estimate of drug-likeness (QED) is 0.791. The number of aliphatic carboxylic acids is 1. The van der Waals surface area contributed by atoms with Crippen molar-refractivity contribution in [2.45, 2.75) is 32.6 Å². The minimum atomic E-state index is -1.11. The number of hydrogen-bond acceptors (Lipinski definition) is 3. The lowest BCUT2D eigenvalue weighted by Gasteiger charge is -2.06. The van der Waals surface area contributed by atoms with Crippen LogP contribution >= 0.6 is 0 Å². The molecule has 0 aromatic heterocycles. The standard InChI is InChI=1S/C9H8O4.C7H10O2/c1-5-6(8(10)11)3-2-4-7(5)9(12)13;8-7(9)6-4-2-1-3-5-6/h2-4H,1H3,(H,10,11)(H,12,13);4H,1-3,5H2,(H,8,9). The average molecular weight is 306 g/mol. The molecule has 22 heavy (non-hydrogen) atoms. The second-order valence-corrected chi connectivity index (χ2v) is 4.87. The maximum Gasteiger partial charge on any atom is 0.335 e. The first kappa shape index (κ1) is 17.4. The largest absolute Gasteiger partial charge is 0.478 e. The SMILES string of the molecule is Cc1c(C(=O)O)cccc1C(=O)O.O=C(O)C1=CCCCC1. The van der Waals surface area contributed by atoms with Gasteiger partial charge in [0.15, 0.2) is 0 Å². The molecule has 0 atom stereocenters. The van der Waals surface area contributed by atoms with Crippen LogP contribution in [0.5, 0.6) is 0 Å².